The molecule has 1 amide bonds. The maximum atomic E-state index is 12.9. The quantitative estimate of drug-likeness (QED) is 0.720. The van der Waals surface area contributed by atoms with Gasteiger partial charge >= 0.3 is 6.18 Å². The number of amides is 1. The average Bonchev–Trinajstić information content (AvgIpc) is 2.95. The maximum Gasteiger partial charge on any atom is 0.433 e. The molecule has 1 aliphatic rings. The molecule has 0 radical (unpaired) electrons. The Hall–Kier alpha value is -2.90. The Bertz CT molecular complexity index is 976. The Morgan fingerprint density at radius 3 is 2.62 bits per heavy atom. The van der Waals surface area contributed by atoms with Crippen molar-refractivity contribution < 1.29 is 18.0 Å². The monoisotopic (exact) mass is 360 g/mol. The second-order valence-corrected chi connectivity index (χ2v) is 6.23. The molecule has 0 spiro atoms. The van der Waals surface area contributed by atoms with Crippen molar-refractivity contribution in [3.05, 3.63) is 48.5 Å². The van der Waals surface area contributed by atoms with Gasteiger partial charge in [0.25, 0.3) is 0 Å². The minimum absolute atomic E-state index is 0.0300. The molecule has 1 saturated heterocycles. The van der Waals surface area contributed by atoms with Crippen molar-refractivity contribution in [1.29, 1.82) is 0 Å². The fourth-order valence-corrected chi connectivity index (χ4v) is 2.94. The van der Waals surface area contributed by atoms with E-state index in [1.54, 1.807) is 27.8 Å². The normalized spacial score (nSPS) is 14.5. The van der Waals surface area contributed by atoms with E-state index in [2.05, 4.69) is 9.97 Å². The van der Waals surface area contributed by atoms with Gasteiger partial charge in [-0.15, -0.1) is 0 Å². The Kier molecular flexibility index (Phi) is 3.90. The molecule has 3 aromatic rings. The number of carbonyl (C=O) groups is 1. The van der Waals surface area contributed by atoms with E-state index in [0.29, 0.717) is 22.2 Å². The van der Waals surface area contributed by atoms with E-state index < -0.39 is 11.9 Å². The lowest BCUT2D eigenvalue weighted by Gasteiger charge is -2.31. The van der Waals surface area contributed by atoms with Gasteiger partial charge in [0, 0.05) is 37.2 Å². The van der Waals surface area contributed by atoms with Gasteiger partial charge < -0.3 is 9.47 Å². The zero-order valence-corrected chi connectivity index (χ0v) is 13.7. The van der Waals surface area contributed by atoms with Crippen LogP contribution in [0.15, 0.2) is 42.9 Å². The highest BCUT2D eigenvalue weighted by Crippen LogP contribution is 2.31. The van der Waals surface area contributed by atoms with E-state index >= 15 is 0 Å². The Labute approximate surface area is 147 Å². The smallest absolute Gasteiger partial charge is 0.341 e. The molecule has 0 bridgehead atoms. The molecule has 4 heterocycles. The molecule has 134 valence electrons. The van der Waals surface area contributed by atoms with Gasteiger partial charge in [0.15, 0.2) is 0 Å². The summed E-state index contributed by atoms with van der Waals surface area (Å²) in [5.41, 5.74) is 1.38. The minimum atomic E-state index is -4.50. The van der Waals surface area contributed by atoms with Crippen LogP contribution in [0.2, 0.25) is 0 Å². The molecular formula is C18H15F3N4O. The molecule has 1 aliphatic heterocycles. The first-order valence-corrected chi connectivity index (χ1v) is 8.18. The molecular weight excluding hydrogens is 345 g/mol. The van der Waals surface area contributed by atoms with Gasteiger partial charge in [0.05, 0.1) is 11.0 Å². The van der Waals surface area contributed by atoms with Crippen LogP contribution in [-0.4, -0.2) is 38.4 Å². The summed E-state index contributed by atoms with van der Waals surface area (Å²) in [7, 11) is 0. The summed E-state index contributed by atoms with van der Waals surface area (Å²) in [5, 5.41) is 0. The number of fused-ring (bicyclic) bond motifs is 1. The molecule has 0 unspecified atom stereocenters. The maximum absolute atomic E-state index is 12.9. The van der Waals surface area contributed by atoms with Crippen LogP contribution in [-0.2, 0) is 17.5 Å². The predicted octanol–water partition coefficient (Wildman–Crippen LogP) is 3.35. The van der Waals surface area contributed by atoms with Crippen LogP contribution >= 0.6 is 0 Å². The van der Waals surface area contributed by atoms with Gasteiger partial charge in [-0.3, -0.25) is 14.8 Å². The van der Waals surface area contributed by atoms with Gasteiger partial charge in [-0.25, -0.2) is 0 Å². The lowest BCUT2D eigenvalue weighted by molar-refractivity contribution is -0.141. The molecule has 3 aromatic heterocycles. The van der Waals surface area contributed by atoms with Crippen molar-refractivity contribution in [3.8, 4) is 11.1 Å². The highest BCUT2D eigenvalue weighted by atomic mass is 19.4. The summed E-state index contributed by atoms with van der Waals surface area (Å²) in [4.78, 5) is 21.7. The van der Waals surface area contributed by atoms with E-state index in [1.807, 2.05) is 0 Å². The molecule has 0 aromatic carbocycles. The van der Waals surface area contributed by atoms with Crippen molar-refractivity contribution >= 4 is 16.9 Å². The highest BCUT2D eigenvalue weighted by Gasteiger charge is 2.32. The van der Waals surface area contributed by atoms with Gasteiger partial charge in [-0.2, -0.15) is 13.2 Å². The number of pyridine rings is 2. The summed E-state index contributed by atoms with van der Waals surface area (Å²) < 4.78 is 40.4. The lowest BCUT2D eigenvalue weighted by Crippen LogP contribution is -2.43. The van der Waals surface area contributed by atoms with Gasteiger partial charge in [-0.05, 0) is 36.2 Å². The second kappa shape index (κ2) is 6.12. The number of carbonyl (C=O) groups excluding carboxylic acids is 1. The Morgan fingerprint density at radius 1 is 1.12 bits per heavy atom. The average molecular weight is 360 g/mol. The molecule has 26 heavy (non-hydrogen) atoms. The number of likely N-dealkylation sites (tertiary alicyclic amines) is 1. The Morgan fingerprint density at radius 2 is 1.92 bits per heavy atom. The van der Waals surface area contributed by atoms with Crippen molar-refractivity contribution in [3.63, 3.8) is 0 Å². The Balaban J connectivity index is 1.69. The first-order chi connectivity index (χ1) is 12.4. The molecule has 4 rings (SSSR count). The third kappa shape index (κ3) is 3.02. The highest BCUT2D eigenvalue weighted by molar-refractivity contribution is 5.84. The van der Waals surface area contributed by atoms with Crippen LogP contribution in [0.4, 0.5) is 13.2 Å². The fraction of sp³-hybridized carbons (Fsp3) is 0.278. The molecule has 0 atom stereocenters. The molecule has 0 saturated carbocycles. The van der Waals surface area contributed by atoms with Crippen molar-refractivity contribution in [2.75, 3.05) is 13.1 Å². The molecule has 5 nitrogen and oxygen atoms in total. The second-order valence-electron chi connectivity index (χ2n) is 6.23. The van der Waals surface area contributed by atoms with Gasteiger partial charge in [0.2, 0.25) is 5.91 Å². The summed E-state index contributed by atoms with van der Waals surface area (Å²) in [6.07, 6.45) is 0.950. The summed E-state index contributed by atoms with van der Waals surface area (Å²) >= 11 is 0. The molecule has 0 aliphatic carbocycles. The molecule has 0 N–H and O–H groups in total. The van der Waals surface area contributed by atoms with Crippen LogP contribution in [0.1, 0.15) is 12.1 Å². The first kappa shape index (κ1) is 16.6. The van der Waals surface area contributed by atoms with Gasteiger partial charge in [0.1, 0.15) is 12.2 Å². The van der Waals surface area contributed by atoms with E-state index in [0.717, 1.165) is 31.8 Å². The van der Waals surface area contributed by atoms with Gasteiger partial charge in [-0.1, -0.05) is 0 Å². The van der Waals surface area contributed by atoms with E-state index in [-0.39, 0.29) is 12.5 Å². The number of aromatic nitrogens is 3. The number of halogens is 3. The zero-order valence-electron chi connectivity index (χ0n) is 13.7. The van der Waals surface area contributed by atoms with Crippen LogP contribution in [0, 0.1) is 0 Å². The van der Waals surface area contributed by atoms with E-state index in [1.165, 1.54) is 12.3 Å². The zero-order chi connectivity index (χ0) is 18.3. The minimum Gasteiger partial charge on any atom is -0.341 e. The van der Waals surface area contributed by atoms with Crippen molar-refractivity contribution in [2.24, 2.45) is 0 Å². The number of alkyl halides is 3. The topological polar surface area (TPSA) is 51.0 Å². The number of rotatable bonds is 3. The molecule has 1 fully saturated rings. The lowest BCUT2D eigenvalue weighted by atomic mass is 10.1. The largest absolute Gasteiger partial charge is 0.433 e. The number of hydrogen-bond acceptors (Lipinski definition) is 3. The number of nitrogens with zero attached hydrogens (tertiary/aromatic N) is 4. The van der Waals surface area contributed by atoms with E-state index in [9.17, 15) is 18.0 Å². The summed E-state index contributed by atoms with van der Waals surface area (Å²) in [6.45, 7) is 1.75. The first-order valence-electron chi connectivity index (χ1n) is 8.18. The van der Waals surface area contributed by atoms with E-state index in [4.69, 9.17) is 0 Å². The van der Waals surface area contributed by atoms with Crippen molar-refractivity contribution in [2.45, 2.75) is 19.1 Å². The SMILES string of the molecule is O=C(Cn1ccc2ncc(-c3ccnc(C(F)(F)F)c3)cc21)N1CCC1. The molecule has 8 heteroatoms. The van der Waals surface area contributed by atoms with Crippen molar-refractivity contribution in [1.82, 2.24) is 19.4 Å². The van der Waals surface area contributed by atoms with Crippen LogP contribution < -0.4 is 0 Å². The predicted molar refractivity (Wildman–Crippen MR) is 89.2 cm³/mol. The summed E-state index contributed by atoms with van der Waals surface area (Å²) in [5.74, 6) is 0.0300. The third-order valence-corrected chi connectivity index (χ3v) is 4.52. The standard InChI is InChI=1S/C18H15F3N4O/c19-18(20,21)16-9-12(2-4-22-16)13-8-15-14(23-10-13)3-7-25(15)11-17(26)24-5-1-6-24/h2-4,7-10H,1,5-6,11H2. The fourth-order valence-electron chi connectivity index (χ4n) is 2.94. The van der Waals surface area contributed by atoms with Crippen LogP contribution in [0.5, 0.6) is 0 Å². The summed E-state index contributed by atoms with van der Waals surface area (Å²) in [6, 6.07) is 6.05. The number of hydrogen-bond donors (Lipinski definition) is 0. The van der Waals surface area contributed by atoms with Crippen LogP contribution in [0.3, 0.4) is 0 Å². The third-order valence-electron chi connectivity index (χ3n) is 4.52. The van der Waals surface area contributed by atoms with Crippen LogP contribution in [0.25, 0.3) is 22.2 Å².